The molecule has 0 aliphatic carbocycles. The molecule has 0 aliphatic heterocycles. The lowest BCUT2D eigenvalue weighted by molar-refractivity contribution is 0.0983. The summed E-state index contributed by atoms with van der Waals surface area (Å²) in [5.74, 6) is 12.1. The van der Waals surface area contributed by atoms with Gasteiger partial charge < -0.3 is 20.1 Å². The number of carbonyl (C=O) groups is 1. The number of aromatic nitrogens is 1. The van der Waals surface area contributed by atoms with Crippen LogP contribution in [0.25, 0.3) is 5.57 Å². The number of ether oxygens (including phenoxy) is 3. The molecule has 1 amide bonds. The van der Waals surface area contributed by atoms with Crippen molar-refractivity contribution in [2.24, 2.45) is 22.7 Å². The lowest BCUT2D eigenvalue weighted by atomic mass is 10.1. The van der Waals surface area contributed by atoms with Crippen LogP contribution in [0.3, 0.4) is 0 Å². The van der Waals surface area contributed by atoms with E-state index in [2.05, 4.69) is 28.9 Å². The summed E-state index contributed by atoms with van der Waals surface area (Å²) in [4.78, 5) is 15.9. The van der Waals surface area contributed by atoms with Crippen LogP contribution in [0.5, 0.6) is 0 Å². The van der Waals surface area contributed by atoms with E-state index in [1.807, 2.05) is 43.3 Å². The summed E-state index contributed by atoms with van der Waals surface area (Å²) in [7, 11) is 3.26. The number of likely N-dealkylation sites (N-methyl/N-ethyl adjacent to an activating group) is 1. The minimum Gasteiger partial charge on any atom is -0.449 e. The zero-order valence-corrected chi connectivity index (χ0v) is 21.1. The molecule has 1 heterocycles. The molecule has 0 saturated heterocycles. The summed E-state index contributed by atoms with van der Waals surface area (Å²) in [5, 5.41) is 7.52. The summed E-state index contributed by atoms with van der Waals surface area (Å²) in [5.41, 5.74) is 2.41. The molecule has 2 aromatic rings. The molecule has 194 valence electrons. The number of pyridine rings is 1. The monoisotopic (exact) mass is 488 g/mol. The third-order valence-corrected chi connectivity index (χ3v) is 4.63. The number of nitrogens with two attached hydrogens (primary N) is 2. The van der Waals surface area contributed by atoms with Crippen molar-refractivity contribution >= 4 is 23.3 Å². The molecule has 0 aliphatic rings. The number of nitrogens with zero attached hydrogens (tertiary/aromatic N) is 3. The predicted octanol–water partition coefficient (Wildman–Crippen LogP) is 3.86. The van der Waals surface area contributed by atoms with Gasteiger partial charge in [0.15, 0.2) is 5.84 Å². The summed E-state index contributed by atoms with van der Waals surface area (Å²) in [6, 6.07) is 15.0. The van der Waals surface area contributed by atoms with Crippen LogP contribution < -0.4 is 17.0 Å². The first-order valence-electron chi connectivity index (χ1n) is 11.3. The number of rotatable bonds is 11. The Labute approximate surface area is 209 Å². The van der Waals surface area contributed by atoms with Crippen molar-refractivity contribution in [2.75, 3.05) is 39.3 Å². The Bertz CT molecular complexity index is 928. The molecule has 0 radical (unpaired) electrons. The SMILES string of the molecule is C=C(/C(=N/N)N(C)N)c1ccccc1.CCOCC(C)CCOC(=O)Nc1cccc(COC)n1.[HH]. The van der Waals surface area contributed by atoms with Gasteiger partial charge in [0.2, 0.25) is 0 Å². The highest BCUT2D eigenvalue weighted by atomic mass is 16.5. The van der Waals surface area contributed by atoms with Crippen LogP contribution in [-0.2, 0) is 20.8 Å². The van der Waals surface area contributed by atoms with Gasteiger partial charge in [-0.2, -0.15) is 5.10 Å². The number of hydrazine groups is 1. The maximum Gasteiger partial charge on any atom is 0.412 e. The number of hydrogen-bond acceptors (Lipinski definition) is 8. The van der Waals surface area contributed by atoms with E-state index >= 15 is 0 Å². The Balaban J connectivity index is 0.000000713. The molecule has 35 heavy (non-hydrogen) atoms. The van der Waals surface area contributed by atoms with Crippen molar-refractivity contribution in [3.05, 3.63) is 66.4 Å². The molecule has 10 heteroatoms. The molecular formula is C25H40N6O4. The molecule has 1 atom stereocenters. The van der Waals surface area contributed by atoms with Crippen molar-refractivity contribution in [1.82, 2.24) is 9.99 Å². The minimum atomic E-state index is -0.499. The number of anilines is 1. The molecule has 1 aromatic carbocycles. The fraction of sp³-hybridized carbons (Fsp3) is 0.400. The zero-order chi connectivity index (χ0) is 26.1. The number of amides is 1. The standard InChI is InChI=1S/C15H24N2O4.C10H14N4.H2/c1-4-20-10-12(2)8-9-21-15(18)17-14-7-5-6-13(16-14)11-19-3;1-8(10(13-11)14(2)12)9-6-4-3-5-7-9;/h5-7,12H,4,8-11H2,1-3H3,(H,16,17,18);3-7H,1,11-12H2,2H3;1H/b;13-10-;. The van der Waals surface area contributed by atoms with Crippen LogP contribution in [0.1, 0.15) is 33.0 Å². The second kappa shape index (κ2) is 17.0. The van der Waals surface area contributed by atoms with Crippen molar-refractivity contribution in [1.29, 1.82) is 0 Å². The topological polar surface area (TPSA) is 137 Å². The lowest BCUT2D eigenvalue weighted by Crippen LogP contribution is -2.34. The van der Waals surface area contributed by atoms with Crippen LogP contribution >= 0.6 is 0 Å². The van der Waals surface area contributed by atoms with E-state index in [0.29, 0.717) is 49.6 Å². The largest absolute Gasteiger partial charge is 0.449 e. The highest BCUT2D eigenvalue weighted by molar-refractivity contribution is 6.21. The smallest absolute Gasteiger partial charge is 0.412 e. The van der Waals surface area contributed by atoms with E-state index in [-0.39, 0.29) is 1.43 Å². The van der Waals surface area contributed by atoms with Crippen molar-refractivity contribution < 1.29 is 20.4 Å². The average Bonchev–Trinajstić information content (AvgIpc) is 2.84. The van der Waals surface area contributed by atoms with Gasteiger partial charge in [-0.1, -0.05) is 49.9 Å². The summed E-state index contributed by atoms with van der Waals surface area (Å²) in [6.45, 7) is 10.1. The van der Waals surface area contributed by atoms with Crippen molar-refractivity contribution in [2.45, 2.75) is 26.9 Å². The van der Waals surface area contributed by atoms with E-state index in [1.54, 1.807) is 26.3 Å². The van der Waals surface area contributed by atoms with Crippen molar-refractivity contribution in [3.8, 4) is 0 Å². The van der Waals surface area contributed by atoms with Gasteiger partial charge in [-0.05, 0) is 37.0 Å². The first kappa shape index (κ1) is 29.6. The molecule has 5 N–H and O–H groups in total. The maximum atomic E-state index is 11.6. The lowest BCUT2D eigenvalue weighted by Gasteiger charge is -2.16. The molecule has 0 saturated carbocycles. The molecule has 0 fully saturated rings. The molecule has 1 unspecified atom stereocenters. The van der Waals surface area contributed by atoms with Crippen LogP contribution in [-0.4, -0.2) is 55.9 Å². The average molecular weight is 489 g/mol. The Morgan fingerprint density at radius 1 is 1.26 bits per heavy atom. The molecule has 1 aromatic heterocycles. The third kappa shape index (κ3) is 12.0. The van der Waals surface area contributed by atoms with Gasteiger partial charge in [-0.25, -0.2) is 15.6 Å². The van der Waals surface area contributed by atoms with Gasteiger partial charge in [-0.15, -0.1) is 0 Å². The second-order valence-corrected chi connectivity index (χ2v) is 7.67. The van der Waals surface area contributed by atoms with Gasteiger partial charge in [0.05, 0.1) is 18.9 Å². The quantitative estimate of drug-likeness (QED) is 0.188. The second-order valence-electron chi connectivity index (χ2n) is 7.67. The maximum absolute atomic E-state index is 11.6. The predicted molar refractivity (Wildman–Crippen MR) is 141 cm³/mol. The number of nitrogens with one attached hydrogen (secondary N) is 1. The van der Waals surface area contributed by atoms with E-state index in [9.17, 15) is 4.79 Å². The van der Waals surface area contributed by atoms with E-state index < -0.39 is 6.09 Å². The molecule has 2 rings (SSSR count). The normalized spacial score (nSPS) is 11.6. The van der Waals surface area contributed by atoms with Crippen LogP contribution in [0, 0.1) is 5.92 Å². The fourth-order valence-electron chi connectivity index (χ4n) is 2.82. The first-order chi connectivity index (χ1) is 16.8. The number of hydrazone groups is 1. The van der Waals surface area contributed by atoms with Gasteiger partial charge in [-0.3, -0.25) is 10.3 Å². The van der Waals surface area contributed by atoms with Gasteiger partial charge in [0, 0.05) is 34.4 Å². The van der Waals surface area contributed by atoms with Crippen molar-refractivity contribution in [3.63, 3.8) is 0 Å². The summed E-state index contributed by atoms with van der Waals surface area (Å²) in [6.07, 6.45) is 0.269. The molecular weight excluding hydrogens is 448 g/mol. The number of amidine groups is 1. The van der Waals surface area contributed by atoms with Gasteiger partial charge in [0.1, 0.15) is 5.82 Å². The van der Waals surface area contributed by atoms with Crippen LogP contribution in [0.2, 0.25) is 0 Å². The molecule has 10 nitrogen and oxygen atoms in total. The third-order valence-electron chi connectivity index (χ3n) is 4.63. The number of benzene rings is 1. The van der Waals surface area contributed by atoms with E-state index in [1.165, 1.54) is 5.01 Å². The van der Waals surface area contributed by atoms with Crippen LogP contribution in [0.4, 0.5) is 10.6 Å². The zero-order valence-electron chi connectivity index (χ0n) is 21.1. The Hall–Kier alpha value is -3.47. The first-order valence-corrected chi connectivity index (χ1v) is 11.3. The molecule has 0 spiro atoms. The number of carbonyl (C=O) groups excluding carboxylic acids is 1. The Kier molecular flexibility index (Phi) is 14.4. The Morgan fingerprint density at radius 3 is 2.57 bits per heavy atom. The van der Waals surface area contributed by atoms with E-state index in [4.69, 9.17) is 25.9 Å². The number of hydrogen-bond donors (Lipinski definition) is 3. The summed E-state index contributed by atoms with van der Waals surface area (Å²) < 4.78 is 15.4. The van der Waals surface area contributed by atoms with E-state index in [0.717, 1.165) is 17.7 Å². The van der Waals surface area contributed by atoms with Gasteiger partial charge >= 0.3 is 6.09 Å². The van der Waals surface area contributed by atoms with Crippen LogP contribution in [0.15, 0.2) is 60.2 Å². The highest BCUT2D eigenvalue weighted by Crippen LogP contribution is 2.13. The fourth-order valence-corrected chi connectivity index (χ4v) is 2.82. The van der Waals surface area contributed by atoms with Gasteiger partial charge in [0.25, 0.3) is 0 Å². The Morgan fingerprint density at radius 2 is 1.97 bits per heavy atom. The minimum absolute atomic E-state index is 0. The summed E-state index contributed by atoms with van der Waals surface area (Å²) >= 11 is 0. The highest BCUT2D eigenvalue weighted by Gasteiger charge is 2.09. The molecule has 0 bridgehead atoms. The number of methoxy groups -OCH3 is 1.